The monoisotopic (exact) mass is 358 g/mol. The van der Waals surface area contributed by atoms with Crippen LogP contribution >= 0.6 is 11.8 Å². The minimum absolute atomic E-state index is 0.198. The zero-order valence-electron chi connectivity index (χ0n) is 13.8. The van der Waals surface area contributed by atoms with Crippen molar-refractivity contribution in [2.45, 2.75) is 36.2 Å². The van der Waals surface area contributed by atoms with Gasteiger partial charge in [-0.1, -0.05) is 11.8 Å². The van der Waals surface area contributed by atoms with Crippen LogP contribution in [0.1, 0.15) is 25.8 Å². The van der Waals surface area contributed by atoms with Crippen molar-refractivity contribution in [3.05, 3.63) is 24.5 Å². The molecule has 0 radical (unpaired) electrons. The Hall–Kier alpha value is -2.42. The molecule has 1 saturated carbocycles. The number of pyridine rings is 1. The number of urea groups is 1. The average Bonchev–Trinajstić information content (AvgIpc) is 3.24. The van der Waals surface area contributed by atoms with E-state index in [1.54, 1.807) is 19.3 Å². The lowest BCUT2D eigenvalue weighted by Crippen LogP contribution is -2.39. The second kappa shape index (κ2) is 6.47. The number of nitrogens with one attached hydrogen (secondary N) is 1. The molecule has 1 unspecified atom stereocenters. The van der Waals surface area contributed by atoms with Crippen LogP contribution < -0.4 is 5.32 Å². The van der Waals surface area contributed by atoms with E-state index in [4.69, 9.17) is 0 Å². The highest BCUT2D eigenvalue weighted by molar-refractivity contribution is 8.00. The van der Waals surface area contributed by atoms with Crippen molar-refractivity contribution >= 4 is 23.7 Å². The molecule has 1 N–H and O–H groups in total. The predicted molar refractivity (Wildman–Crippen MR) is 92.0 cm³/mol. The highest BCUT2D eigenvalue weighted by Gasteiger charge is 2.34. The topological polar surface area (TPSA) is 93.0 Å². The molecular formula is C16H18N6O2S. The van der Waals surface area contributed by atoms with Crippen LogP contribution in [-0.2, 0) is 4.79 Å². The van der Waals surface area contributed by atoms with Gasteiger partial charge in [0.25, 0.3) is 0 Å². The zero-order chi connectivity index (χ0) is 17.4. The maximum Gasteiger partial charge on any atom is 0.324 e. The number of imide groups is 1. The fraction of sp³-hybridized carbons (Fsp3) is 0.438. The molecule has 2 fully saturated rings. The van der Waals surface area contributed by atoms with Crippen molar-refractivity contribution in [3.63, 3.8) is 0 Å². The number of nitrogens with zero attached hydrogens (tertiary/aromatic N) is 5. The van der Waals surface area contributed by atoms with Crippen molar-refractivity contribution in [2.75, 3.05) is 13.1 Å². The molecule has 2 aromatic rings. The maximum atomic E-state index is 12.5. The van der Waals surface area contributed by atoms with Gasteiger partial charge in [-0.05, 0) is 31.9 Å². The molecule has 2 aliphatic rings. The Morgan fingerprint density at radius 2 is 2.08 bits per heavy atom. The van der Waals surface area contributed by atoms with Crippen LogP contribution in [-0.4, -0.2) is 54.9 Å². The number of carbonyl (C=O) groups excluding carboxylic acids is 2. The molecule has 2 aromatic heterocycles. The highest BCUT2D eigenvalue weighted by atomic mass is 32.2. The van der Waals surface area contributed by atoms with Crippen LogP contribution in [0.3, 0.4) is 0 Å². The van der Waals surface area contributed by atoms with E-state index >= 15 is 0 Å². The van der Waals surface area contributed by atoms with Gasteiger partial charge < -0.3 is 5.32 Å². The van der Waals surface area contributed by atoms with E-state index in [-0.39, 0.29) is 11.9 Å². The van der Waals surface area contributed by atoms with E-state index in [0.29, 0.717) is 19.1 Å². The number of hydrogen-bond acceptors (Lipinski definition) is 6. The summed E-state index contributed by atoms with van der Waals surface area (Å²) in [6.07, 6.45) is 5.62. The summed E-state index contributed by atoms with van der Waals surface area (Å²) < 4.78 is 2.10. The number of carbonyl (C=O) groups is 2. The summed E-state index contributed by atoms with van der Waals surface area (Å²) >= 11 is 1.35. The minimum Gasteiger partial charge on any atom is -0.336 e. The standard InChI is InChI=1S/C16H18N6O2S/c1-10(14(23)21-9-8-18-15(21)24)25-16-20-19-13(22(16)12-2-3-12)11-4-6-17-7-5-11/h4-7,10,12H,2-3,8-9H2,1H3,(H,18,24). The summed E-state index contributed by atoms with van der Waals surface area (Å²) in [5.74, 6) is 0.599. The highest BCUT2D eigenvalue weighted by Crippen LogP contribution is 2.41. The summed E-state index contributed by atoms with van der Waals surface area (Å²) in [6.45, 7) is 2.73. The van der Waals surface area contributed by atoms with E-state index in [1.807, 2.05) is 12.1 Å². The number of aromatic nitrogens is 4. The van der Waals surface area contributed by atoms with Gasteiger partial charge in [-0.3, -0.25) is 19.2 Å². The molecule has 0 bridgehead atoms. The fourth-order valence-electron chi connectivity index (χ4n) is 2.83. The number of rotatable bonds is 5. The molecule has 1 atom stereocenters. The lowest BCUT2D eigenvalue weighted by molar-refractivity contribution is -0.126. The van der Waals surface area contributed by atoms with Crippen molar-refractivity contribution in [1.82, 2.24) is 30.0 Å². The van der Waals surface area contributed by atoms with Gasteiger partial charge in [-0.25, -0.2) is 4.79 Å². The van der Waals surface area contributed by atoms with Crippen LogP contribution in [0.15, 0.2) is 29.7 Å². The van der Waals surface area contributed by atoms with E-state index < -0.39 is 5.25 Å². The second-order valence-corrected chi connectivity index (χ2v) is 7.43. The van der Waals surface area contributed by atoms with Gasteiger partial charge in [0.05, 0.1) is 5.25 Å². The van der Waals surface area contributed by atoms with Crippen molar-refractivity contribution in [1.29, 1.82) is 0 Å². The number of hydrogen-bond donors (Lipinski definition) is 1. The third-order valence-corrected chi connectivity index (χ3v) is 5.31. The molecule has 3 amide bonds. The molecule has 8 nitrogen and oxygen atoms in total. The lowest BCUT2D eigenvalue weighted by Gasteiger charge is -2.17. The quantitative estimate of drug-likeness (QED) is 0.818. The Morgan fingerprint density at radius 1 is 1.32 bits per heavy atom. The number of thioether (sulfide) groups is 1. The second-order valence-electron chi connectivity index (χ2n) is 6.13. The Balaban J connectivity index is 1.57. The summed E-state index contributed by atoms with van der Waals surface area (Å²) in [4.78, 5) is 29.5. The molecular weight excluding hydrogens is 340 g/mol. The average molecular weight is 358 g/mol. The van der Waals surface area contributed by atoms with Crippen molar-refractivity contribution in [2.24, 2.45) is 0 Å². The molecule has 4 rings (SSSR count). The van der Waals surface area contributed by atoms with Gasteiger partial charge in [0.1, 0.15) is 0 Å². The largest absolute Gasteiger partial charge is 0.336 e. The summed E-state index contributed by atoms with van der Waals surface area (Å²) in [5.41, 5.74) is 0.958. The van der Waals surface area contributed by atoms with E-state index in [9.17, 15) is 9.59 Å². The maximum absolute atomic E-state index is 12.5. The third kappa shape index (κ3) is 3.11. The van der Waals surface area contributed by atoms with Crippen molar-refractivity contribution in [3.8, 4) is 11.4 Å². The first-order chi connectivity index (χ1) is 12.1. The minimum atomic E-state index is -0.407. The first-order valence-electron chi connectivity index (χ1n) is 8.26. The lowest BCUT2D eigenvalue weighted by atomic mass is 10.2. The van der Waals surface area contributed by atoms with Crippen LogP contribution in [0, 0.1) is 0 Å². The molecule has 25 heavy (non-hydrogen) atoms. The normalized spacial score (nSPS) is 18.3. The summed E-state index contributed by atoms with van der Waals surface area (Å²) in [6, 6.07) is 3.86. The molecule has 1 aliphatic heterocycles. The molecule has 3 heterocycles. The van der Waals surface area contributed by atoms with Gasteiger partial charge in [0.15, 0.2) is 11.0 Å². The zero-order valence-corrected chi connectivity index (χ0v) is 14.6. The van der Waals surface area contributed by atoms with E-state index in [2.05, 4.69) is 25.1 Å². The predicted octanol–water partition coefficient (Wildman–Crippen LogP) is 1.71. The van der Waals surface area contributed by atoms with E-state index in [0.717, 1.165) is 29.4 Å². The van der Waals surface area contributed by atoms with E-state index in [1.165, 1.54) is 16.7 Å². The SMILES string of the molecule is CC(Sc1nnc(-c2ccncc2)n1C1CC1)C(=O)N1CCNC1=O. The third-order valence-electron chi connectivity index (χ3n) is 4.27. The summed E-state index contributed by atoms with van der Waals surface area (Å²) in [7, 11) is 0. The van der Waals surface area contributed by atoms with Crippen LogP contribution in [0.4, 0.5) is 4.79 Å². The van der Waals surface area contributed by atoms with Gasteiger partial charge in [0, 0.05) is 37.1 Å². The first kappa shape index (κ1) is 16.1. The summed E-state index contributed by atoms with van der Waals surface area (Å²) in [5, 5.41) is 11.6. The van der Waals surface area contributed by atoms with Crippen LogP contribution in [0.5, 0.6) is 0 Å². The Bertz CT molecular complexity index is 804. The molecule has 1 aliphatic carbocycles. The van der Waals surface area contributed by atoms with Crippen LogP contribution in [0.25, 0.3) is 11.4 Å². The Labute approximate surface area is 149 Å². The van der Waals surface area contributed by atoms with Gasteiger partial charge in [-0.2, -0.15) is 0 Å². The van der Waals surface area contributed by atoms with Crippen LogP contribution in [0.2, 0.25) is 0 Å². The van der Waals surface area contributed by atoms with Gasteiger partial charge in [0.2, 0.25) is 5.91 Å². The first-order valence-corrected chi connectivity index (χ1v) is 9.14. The fourth-order valence-corrected chi connectivity index (χ4v) is 3.81. The molecule has 9 heteroatoms. The molecule has 0 spiro atoms. The Morgan fingerprint density at radius 3 is 2.72 bits per heavy atom. The van der Waals surface area contributed by atoms with Crippen molar-refractivity contribution < 1.29 is 9.59 Å². The molecule has 0 aromatic carbocycles. The van der Waals surface area contributed by atoms with Gasteiger partial charge in [-0.15, -0.1) is 10.2 Å². The molecule has 130 valence electrons. The Kier molecular flexibility index (Phi) is 4.16. The molecule has 1 saturated heterocycles. The smallest absolute Gasteiger partial charge is 0.324 e. The van der Waals surface area contributed by atoms with Gasteiger partial charge >= 0.3 is 6.03 Å². The number of amides is 3.